The third-order valence-electron chi connectivity index (χ3n) is 6.77. The second-order valence-electron chi connectivity index (χ2n) is 8.49. The molecule has 2 N–H and O–H groups in total. The largest absolute Gasteiger partial charge is 0.338 e. The summed E-state index contributed by atoms with van der Waals surface area (Å²) in [7, 11) is 0. The number of aromatic nitrogens is 1. The van der Waals surface area contributed by atoms with Crippen LogP contribution in [0.1, 0.15) is 44.6 Å². The highest BCUT2D eigenvalue weighted by molar-refractivity contribution is 5.85. The second-order valence-corrected chi connectivity index (χ2v) is 8.49. The SMILES string of the molecule is CCN(Cc1cccc(-c2ccncc2)c1)C(=O)C1CC2CCCC(C1)C2N.Cl. The summed E-state index contributed by atoms with van der Waals surface area (Å²) in [6, 6.07) is 12.8. The lowest BCUT2D eigenvalue weighted by Crippen LogP contribution is -2.49. The number of rotatable bonds is 5. The van der Waals surface area contributed by atoms with E-state index < -0.39 is 0 Å². The molecule has 1 heterocycles. The molecular weight excluding hydrogens is 382 g/mol. The van der Waals surface area contributed by atoms with Crippen molar-refractivity contribution in [3.8, 4) is 11.1 Å². The van der Waals surface area contributed by atoms with Gasteiger partial charge in [0.1, 0.15) is 0 Å². The minimum absolute atomic E-state index is 0. The molecule has 4 nitrogen and oxygen atoms in total. The smallest absolute Gasteiger partial charge is 0.225 e. The Kier molecular flexibility index (Phi) is 7.31. The second kappa shape index (κ2) is 9.73. The fourth-order valence-corrected chi connectivity index (χ4v) is 5.21. The van der Waals surface area contributed by atoms with Crippen molar-refractivity contribution < 1.29 is 4.79 Å². The maximum absolute atomic E-state index is 13.3. The highest BCUT2D eigenvalue weighted by atomic mass is 35.5. The first-order chi connectivity index (χ1) is 13.7. The maximum Gasteiger partial charge on any atom is 0.225 e. The summed E-state index contributed by atoms with van der Waals surface area (Å²) in [6.07, 6.45) is 9.25. The quantitative estimate of drug-likeness (QED) is 0.774. The summed E-state index contributed by atoms with van der Waals surface area (Å²) >= 11 is 0. The van der Waals surface area contributed by atoms with Gasteiger partial charge in [-0.3, -0.25) is 9.78 Å². The van der Waals surface area contributed by atoms with Crippen molar-refractivity contribution in [1.29, 1.82) is 0 Å². The molecule has 29 heavy (non-hydrogen) atoms. The monoisotopic (exact) mass is 413 g/mol. The van der Waals surface area contributed by atoms with Gasteiger partial charge in [0.2, 0.25) is 5.91 Å². The first-order valence-corrected chi connectivity index (χ1v) is 10.7. The van der Waals surface area contributed by atoms with Gasteiger partial charge in [0.15, 0.2) is 0 Å². The normalized spacial score (nSPS) is 25.7. The average molecular weight is 414 g/mol. The molecule has 4 rings (SSSR count). The lowest BCUT2D eigenvalue weighted by Gasteiger charge is -2.44. The Morgan fingerprint density at radius 3 is 2.45 bits per heavy atom. The summed E-state index contributed by atoms with van der Waals surface area (Å²) in [5, 5.41) is 0. The zero-order valence-corrected chi connectivity index (χ0v) is 18.0. The van der Waals surface area contributed by atoms with Crippen molar-refractivity contribution in [2.45, 2.75) is 51.6 Å². The average Bonchev–Trinajstić information content (AvgIpc) is 2.72. The third-order valence-corrected chi connectivity index (χ3v) is 6.77. The molecule has 0 saturated heterocycles. The number of amides is 1. The molecule has 0 spiro atoms. The van der Waals surface area contributed by atoms with Crippen LogP contribution in [-0.2, 0) is 11.3 Å². The maximum atomic E-state index is 13.3. The fraction of sp³-hybridized carbons (Fsp3) is 0.500. The summed E-state index contributed by atoms with van der Waals surface area (Å²) in [5.74, 6) is 1.55. The van der Waals surface area contributed by atoms with Crippen LogP contribution in [-0.4, -0.2) is 28.4 Å². The number of hydrogen-bond acceptors (Lipinski definition) is 3. The number of pyridine rings is 1. The highest BCUT2D eigenvalue weighted by Gasteiger charge is 2.41. The number of fused-ring (bicyclic) bond motifs is 2. The fourth-order valence-electron chi connectivity index (χ4n) is 5.21. The van der Waals surface area contributed by atoms with E-state index in [1.54, 1.807) is 0 Å². The molecule has 0 radical (unpaired) electrons. The van der Waals surface area contributed by atoms with Gasteiger partial charge in [0.25, 0.3) is 0 Å². The predicted octanol–water partition coefficient (Wildman–Crippen LogP) is 4.67. The molecule has 2 saturated carbocycles. The molecule has 156 valence electrons. The van der Waals surface area contributed by atoms with Crippen LogP contribution in [0.2, 0.25) is 0 Å². The Labute approximate surface area is 180 Å². The molecule has 2 atom stereocenters. The van der Waals surface area contributed by atoms with Crippen molar-refractivity contribution >= 4 is 18.3 Å². The minimum Gasteiger partial charge on any atom is -0.338 e. The van der Waals surface area contributed by atoms with Crippen LogP contribution in [0.4, 0.5) is 0 Å². The zero-order valence-electron chi connectivity index (χ0n) is 17.2. The Hall–Kier alpha value is -1.91. The lowest BCUT2D eigenvalue weighted by atomic mass is 9.65. The highest BCUT2D eigenvalue weighted by Crippen LogP contribution is 2.42. The molecule has 0 aliphatic heterocycles. The Bertz CT molecular complexity index is 799. The standard InChI is InChI=1S/C24H31N3O.ClH/c1-2-27(24(28)22-14-20-7-4-8-21(15-22)23(20)25)16-17-5-3-6-19(13-17)18-9-11-26-12-10-18;/h3,5-6,9-13,20-23H,2,4,7-8,14-16,25H2,1H3;1H. The Balaban J connectivity index is 0.00000240. The van der Waals surface area contributed by atoms with E-state index in [1.807, 2.05) is 29.4 Å². The molecule has 1 amide bonds. The van der Waals surface area contributed by atoms with E-state index in [0.717, 1.165) is 24.9 Å². The molecule has 2 aromatic rings. The molecule has 1 aromatic carbocycles. The molecule has 2 unspecified atom stereocenters. The van der Waals surface area contributed by atoms with E-state index in [-0.39, 0.29) is 18.3 Å². The van der Waals surface area contributed by atoms with Crippen molar-refractivity contribution in [2.24, 2.45) is 23.5 Å². The van der Waals surface area contributed by atoms with Gasteiger partial charge >= 0.3 is 0 Å². The number of carbonyl (C=O) groups excluding carboxylic acids is 1. The van der Waals surface area contributed by atoms with Crippen LogP contribution >= 0.6 is 12.4 Å². The van der Waals surface area contributed by atoms with E-state index >= 15 is 0 Å². The van der Waals surface area contributed by atoms with Gasteiger partial charge in [0, 0.05) is 37.4 Å². The Morgan fingerprint density at radius 1 is 1.10 bits per heavy atom. The number of hydrogen-bond donors (Lipinski definition) is 1. The summed E-state index contributed by atoms with van der Waals surface area (Å²) in [6.45, 7) is 3.50. The van der Waals surface area contributed by atoms with Crippen LogP contribution in [0, 0.1) is 17.8 Å². The number of nitrogens with zero attached hydrogens (tertiary/aromatic N) is 2. The first-order valence-electron chi connectivity index (χ1n) is 10.7. The van der Waals surface area contributed by atoms with Crippen LogP contribution < -0.4 is 5.73 Å². The molecule has 5 heteroatoms. The third kappa shape index (κ3) is 4.81. The van der Waals surface area contributed by atoms with Gasteiger partial charge in [-0.2, -0.15) is 0 Å². The van der Waals surface area contributed by atoms with Crippen LogP contribution in [0.25, 0.3) is 11.1 Å². The predicted molar refractivity (Wildman–Crippen MR) is 120 cm³/mol. The van der Waals surface area contributed by atoms with Crippen LogP contribution in [0.5, 0.6) is 0 Å². The van der Waals surface area contributed by atoms with Crippen molar-refractivity contribution in [3.05, 3.63) is 54.4 Å². The molecule has 2 aliphatic rings. The Morgan fingerprint density at radius 2 is 1.79 bits per heavy atom. The number of carbonyl (C=O) groups is 1. The van der Waals surface area contributed by atoms with E-state index in [0.29, 0.717) is 30.3 Å². The van der Waals surface area contributed by atoms with Gasteiger partial charge in [-0.15, -0.1) is 12.4 Å². The number of benzene rings is 1. The molecule has 1 aromatic heterocycles. The van der Waals surface area contributed by atoms with Crippen LogP contribution in [0.15, 0.2) is 48.8 Å². The molecular formula is C24H32ClN3O. The molecule has 2 aliphatic carbocycles. The van der Waals surface area contributed by atoms with Crippen molar-refractivity contribution in [2.75, 3.05) is 6.54 Å². The van der Waals surface area contributed by atoms with Crippen LogP contribution in [0.3, 0.4) is 0 Å². The van der Waals surface area contributed by atoms with E-state index in [2.05, 4.69) is 36.2 Å². The van der Waals surface area contributed by atoms with Crippen molar-refractivity contribution in [1.82, 2.24) is 9.88 Å². The topological polar surface area (TPSA) is 59.2 Å². The molecule has 2 fully saturated rings. The lowest BCUT2D eigenvalue weighted by molar-refractivity contribution is -0.139. The van der Waals surface area contributed by atoms with Gasteiger partial charge in [-0.25, -0.2) is 0 Å². The summed E-state index contributed by atoms with van der Waals surface area (Å²) in [4.78, 5) is 19.4. The first kappa shape index (κ1) is 21.8. The number of nitrogens with two attached hydrogens (primary N) is 1. The summed E-state index contributed by atoms with van der Waals surface area (Å²) in [5.41, 5.74) is 9.92. The number of halogens is 1. The van der Waals surface area contributed by atoms with E-state index in [1.165, 1.54) is 30.4 Å². The van der Waals surface area contributed by atoms with Gasteiger partial charge < -0.3 is 10.6 Å². The molecule has 2 bridgehead atoms. The van der Waals surface area contributed by atoms with E-state index in [9.17, 15) is 4.79 Å². The van der Waals surface area contributed by atoms with E-state index in [4.69, 9.17) is 5.73 Å². The van der Waals surface area contributed by atoms with Gasteiger partial charge in [-0.05, 0) is 79.3 Å². The summed E-state index contributed by atoms with van der Waals surface area (Å²) < 4.78 is 0. The van der Waals surface area contributed by atoms with Crippen molar-refractivity contribution in [3.63, 3.8) is 0 Å². The van der Waals surface area contributed by atoms with Gasteiger partial charge in [-0.1, -0.05) is 24.6 Å². The minimum atomic E-state index is 0. The zero-order chi connectivity index (χ0) is 19.5. The van der Waals surface area contributed by atoms with Gasteiger partial charge in [0.05, 0.1) is 0 Å².